The lowest BCUT2D eigenvalue weighted by Crippen LogP contribution is -2.30. The summed E-state index contributed by atoms with van der Waals surface area (Å²) in [6.45, 7) is 5.23. The highest BCUT2D eigenvalue weighted by Gasteiger charge is 2.21. The van der Waals surface area contributed by atoms with Gasteiger partial charge in [0.1, 0.15) is 11.3 Å². The lowest BCUT2D eigenvalue weighted by molar-refractivity contribution is -0.123. The van der Waals surface area contributed by atoms with E-state index in [0.29, 0.717) is 5.69 Å². The summed E-state index contributed by atoms with van der Waals surface area (Å²) in [5.74, 6) is -1.34. The third-order valence-corrected chi connectivity index (χ3v) is 3.35. The SMILES string of the molecule is Cc1ccc(NC(=O)[C@H](C)OC(=O)c2ccc(C)cc2O)cc1. The van der Waals surface area contributed by atoms with Crippen LogP contribution in [0.4, 0.5) is 5.69 Å². The number of aryl methyl sites for hydroxylation is 2. The Labute approximate surface area is 134 Å². The molecule has 0 radical (unpaired) electrons. The Morgan fingerprint density at radius 1 is 1.04 bits per heavy atom. The van der Waals surface area contributed by atoms with Gasteiger partial charge in [0.05, 0.1) is 0 Å². The number of phenolic OH excluding ortho intramolecular Hbond substituents is 1. The molecule has 1 atom stereocenters. The second-order valence-corrected chi connectivity index (χ2v) is 5.42. The predicted octanol–water partition coefficient (Wildman–Crippen LogP) is 3.19. The minimum atomic E-state index is -0.982. The quantitative estimate of drug-likeness (QED) is 0.850. The lowest BCUT2D eigenvalue weighted by atomic mass is 10.1. The maximum atomic E-state index is 12.1. The number of rotatable bonds is 4. The standard InChI is InChI=1S/C18H19NO4/c1-11-4-7-14(8-5-11)19-17(21)13(3)23-18(22)15-9-6-12(2)10-16(15)20/h4-10,13,20H,1-3H3,(H,19,21)/t13-/m0/s1. The van der Waals surface area contributed by atoms with Crippen molar-refractivity contribution in [2.75, 3.05) is 5.32 Å². The third-order valence-electron chi connectivity index (χ3n) is 3.35. The fourth-order valence-corrected chi connectivity index (χ4v) is 1.97. The Morgan fingerprint density at radius 2 is 1.65 bits per heavy atom. The molecular weight excluding hydrogens is 294 g/mol. The zero-order chi connectivity index (χ0) is 17.0. The molecule has 5 heteroatoms. The number of esters is 1. The fourth-order valence-electron chi connectivity index (χ4n) is 1.97. The monoisotopic (exact) mass is 313 g/mol. The van der Waals surface area contributed by atoms with Crippen LogP contribution >= 0.6 is 0 Å². The lowest BCUT2D eigenvalue weighted by Gasteiger charge is -2.14. The molecule has 1 amide bonds. The van der Waals surface area contributed by atoms with Crippen LogP contribution in [-0.4, -0.2) is 23.1 Å². The number of carbonyl (C=O) groups excluding carboxylic acids is 2. The average Bonchev–Trinajstić information content (AvgIpc) is 2.49. The molecule has 120 valence electrons. The number of hydrogen-bond acceptors (Lipinski definition) is 4. The van der Waals surface area contributed by atoms with Gasteiger partial charge in [-0.05, 0) is 50.6 Å². The highest BCUT2D eigenvalue weighted by atomic mass is 16.5. The largest absolute Gasteiger partial charge is 0.507 e. The Kier molecular flexibility index (Phi) is 5.01. The Morgan fingerprint density at radius 3 is 2.26 bits per heavy atom. The average molecular weight is 313 g/mol. The zero-order valence-corrected chi connectivity index (χ0v) is 13.3. The first-order valence-corrected chi connectivity index (χ1v) is 7.25. The molecule has 2 aromatic rings. The molecule has 0 spiro atoms. The van der Waals surface area contributed by atoms with Gasteiger partial charge >= 0.3 is 5.97 Å². The van der Waals surface area contributed by atoms with E-state index in [1.807, 2.05) is 19.1 Å². The van der Waals surface area contributed by atoms with Crippen LogP contribution in [0.2, 0.25) is 0 Å². The van der Waals surface area contributed by atoms with Gasteiger partial charge in [0, 0.05) is 5.69 Å². The number of aromatic hydroxyl groups is 1. The van der Waals surface area contributed by atoms with Crippen LogP contribution < -0.4 is 5.32 Å². The highest BCUT2D eigenvalue weighted by molar-refractivity contribution is 5.98. The topological polar surface area (TPSA) is 75.6 Å². The first kappa shape index (κ1) is 16.5. The molecule has 2 aromatic carbocycles. The van der Waals surface area contributed by atoms with Gasteiger partial charge in [-0.1, -0.05) is 23.8 Å². The van der Waals surface area contributed by atoms with Crippen molar-refractivity contribution >= 4 is 17.6 Å². The molecule has 0 aromatic heterocycles. The van der Waals surface area contributed by atoms with Crippen molar-refractivity contribution in [3.8, 4) is 5.75 Å². The van der Waals surface area contributed by atoms with Crippen LogP contribution in [0.25, 0.3) is 0 Å². The molecule has 2 N–H and O–H groups in total. The van der Waals surface area contributed by atoms with Crippen molar-refractivity contribution in [3.05, 3.63) is 59.2 Å². The van der Waals surface area contributed by atoms with Gasteiger partial charge in [-0.25, -0.2) is 4.79 Å². The number of carbonyl (C=O) groups is 2. The van der Waals surface area contributed by atoms with Gasteiger partial charge in [-0.3, -0.25) is 4.79 Å². The maximum absolute atomic E-state index is 12.1. The number of benzene rings is 2. The van der Waals surface area contributed by atoms with E-state index in [1.54, 1.807) is 25.1 Å². The number of ether oxygens (including phenoxy) is 1. The molecule has 0 bridgehead atoms. The van der Waals surface area contributed by atoms with Crippen molar-refractivity contribution in [1.82, 2.24) is 0 Å². The summed E-state index contributed by atoms with van der Waals surface area (Å²) < 4.78 is 5.10. The molecule has 23 heavy (non-hydrogen) atoms. The van der Waals surface area contributed by atoms with Crippen molar-refractivity contribution in [3.63, 3.8) is 0 Å². The van der Waals surface area contributed by atoms with E-state index in [0.717, 1.165) is 11.1 Å². The number of amides is 1. The van der Waals surface area contributed by atoms with E-state index < -0.39 is 18.0 Å². The molecule has 0 saturated heterocycles. The summed E-state index contributed by atoms with van der Waals surface area (Å²) in [5, 5.41) is 12.4. The van der Waals surface area contributed by atoms with Gasteiger partial charge in [-0.2, -0.15) is 0 Å². The van der Waals surface area contributed by atoms with E-state index >= 15 is 0 Å². The van der Waals surface area contributed by atoms with Crippen LogP contribution in [0.3, 0.4) is 0 Å². The Hall–Kier alpha value is -2.82. The van der Waals surface area contributed by atoms with E-state index in [1.165, 1.54) is 19.1 Å². The van der Waals surface area contributed by atoms with Gasteiger partial charge in [-0.15, -0.1) is 0 Å². The second-order valence-electron chi connectivity index (χ2n) is 5.42. The molecule has 2 rings (SSSR count). The fraction of sp³-hybridized carbons (Fsp3) is 0.222. The smallest absolute Gasteiger partial charge is 0.342 e. The van der Waals surface area contributed by atoms with Gasteiger partial charge in [0.2, 0.25) is 0 Å². The number of anilines is 1. The van der Waals surface area contributed by atoms with Gasteiger partial charge in [0.15, 0.2) is 6.10 Å². The van der Waals surface area contributed by atoms with E-state index in [4.69, 9.17) is 4.74 Å². The zero-order valence-electron chi connectivity index (χ0n) is 13.3. The summed E-state index contributed by atoms with van der Waals surface area (Å²) >= 11 is 0. The summed E-state index contributed by atoms with van der Waals surface area (Å²) in [7, 11) is 0. The van der Waals surface area contributed by atoms with Crippen molar-refractivity contribution in [2.24, 2.45) is 0 Å². The number of nitrogens with one attached hydrogen (secondary N) is 1. The van der Waals surface area contributed by atoms with Crippen molar-refractivity contribution in [2.45, 2.75) is 26.9 Å². The summed E-state index contributed by atoms with van der Waals surface area (Å²) in [4.78, 5) is 24.1. The molecular formula is C18H19NO4. The van der Waals surface area contributed by atoms with Gasteiger partial charge < -0.3 is 15.2 Å². The van der Waals surface area contributed by atoms with Crippen LogP contribution in [0.1, 0.15) is 28.4 Å². The van der Waals surface area contributed by atoms with Gasteiger partial charge in [0.25, 0.3) is 5.91 Å². The van der Waals surface area contributed by atoms with Crippen LogP contribution in [0, 0.1) is 13.8 Å². The van der Waals surface area contributed by atoms with Crippen molar-refractivity contribution in [1.29, 1.82) is 0 Å². The summed E-state index contributed by atoms with van der Waals surface area (Å²) in [6, 6.07) is 11.9. The number of phenols is 1. The van der Waals surface area contributed by atoms with Crippen LogP contribution in [0.5, 0.6) is 5.75 Å². The van der Waals surface area contributed by atoms with E-state index in [9.17, 15) is 14.7 Å². The van der Waals surface area contributed by atoms with Crippen LogP contribution in [-0.2, 0) is 9.53 Å². The molecule has 0 fully saturated rings. The van der Waals surface area contributed by atoms with E-state index in [2.05, 4.69) is 5.32 Å². The molecule has 5 nitrogen and oxygen atoms in total. The minimum absolute atomic E-state index is 0.0329. The molecule has 0 aliphatic carbocycles. The normalized spacial score (nSPS) is 11.6. The Bertz CT molecular complexity index is 722. The Balaban J connectivity index is 2.00. The first-order valence-electron chi connectivity index (χ1n) is 7.25. The summed E-state index contributed by atoms with van der Waals surface area (Å²) in [5.41, 5.74) is 2.56. The van der Waals surface area contributed by atoms with Crippen LogP contribution in [0.15, 0.2) is 42.5 Å². The molecule has 0 aliphatic rings. The molecule has 0 heterocycles. The molecule has 0 saturated carbocycles. The minimum Gasteiger partial charge on any atom is -0.507 e. The van der Waals surface area contributed by atoms with Crippen molar-refractivity contribution < 1.29 is 19.4 Å². The highest BCUT2D eigenvalue weighted by Crippen LogP contribution is 2.20. The second kappa shape index (κ2) is 6.96. The maximum Gasteiger partial charge on any atom is 0.342 e. The molecule has 0 unspecified atom stereocenters. The first-order chi connectivity index (χ1) is 10.9. The number of hydrogen-bond donors (Lipinski definition) is 2. The molecule has 0 aliphatic heterocycles. The third kappa shape index (κ3) is 4.32. The summed E-state index contributed by atoms with van der Waals surface area (Å²) in [6.07, 6.45) is -0.982. The van der Waals surface area contributed by atoms with E-state index in [-0.39, 0.29) is 11.3 Å². The predicted molar refractivity (Wildman–Crippen MR) is 87.5 cm³/mol.